The fraction of sp³-hybridized carbons (Fsp3) is 0.273. The number of amides is 1. The number of hydrogen-bond acceptors (Lipinski definition) is 7. The molecule has 0 saturated heterocycles. The van der Waals surface area contributed by atoms with Crippen molar-refractivity contribution in [3.8, 4) is 5.75 Å². The van der Waals surface area contributed by atoms with Crippen molar-refractivity contribution < 1.29 is 18.5 Å². The Kier molecular flexibility index (Phi) is 6.52. The van der Waals surface area contributed by atoms with Crippen LogP contribution in [0.15, 0.2) is 52.1 Å². The minimum Gasteiger partial charge on any atom is -0.488 e. The van der Waals surface area contributed by atoms with Crippen LogP contribution in [0, 0.1) is 0 Å². The maximum absolute atomic E-state index is 12.8. The normalized spacial score (nSPS) is 15.1. The van der Waals surface area contributed by atoms with Gasteiger partial charge in [0, 0.05) is 17.5 Å². The lowest BCUT2D eigenvalue weighted by molar-refractivity contribution is 0.159. The number of carbonyl (C=O) groups is 1. The summed E-state index contributed by atoms with van der Waals surface area (Å²) in [5.41, 5.74) is 1.55. The third-order valence-electron chi connectivity index (χ3n) is 4.80. The van der Waals surface area contributed by atoms with Gasteiger partial charge in [-0.2, -0.15) is 0 Å². The first-order chi connectivity index (χ1) is 15.4. The zero-order valence-electron chi connectivity index (χ0n) is 17.5. The standard InChI is InChI=1S/C22H23BrN4O4S/c1-3-30-22(28)27-32(2,29)16-6-4-5-14(9-16)12-31-20-11-19-17(10-18(20)23)21(25-13-24-19)26-15-7-8-15/h4-6,9-11,13,15H,2-3,7-8,12H2,1H3,(H,24,25,26)(H,27,28,29). The summed E-state index contributed by atoms with van der Waals surface area (Å²) >= 11 is 3.57. The molecule has 1 atom stereocenters. The van der Waals surface area contributed by atoms with E-state index in [0.717, 1.165) is 39.6 Å². The quantitative estimate of drug-likeness (QED) is 0.429. The number of hydrogen-bond donors (Lipinski definition) is 2. The maximum atomic E-state index is 12.8. The van der Waals surface area contributed by atoms with Gasteiger partial charge in [-0.3, -0.25) is 0 Å². The minimum absolute atomic E-state index is 0.179. The lowest BCUT2D eigenvalue weighted by Gasteiger charge is -2.14. The van der Waals surface area contributed by atoms with Crippen LogP contribution in [0.1, 0.15) is 25.3 Å². The van der Waals surface area contributed by atoms with Gasteiger partial charge in [-0.05, 0) is 65.3 Å². The van der Waals surface area contributed by atoms with Crippen molar-refractivity contribution >= 4 is 54.3 Å². The number of aromatic nitrogens is 2. The lowest BCUT2D eigenvalue weighted by atomic mass is 10.2. The van der Waals surface area contributed by atoms with Crippen molar-refractivity contribution in [2.24, 2.45) is 0 Å². The molecule has 10 heteroatoms. The SMILES string of the molecule is C=S(=O)(NC(=O)OCC)c1cccc(COc2cc3ncnc(NC4CC4)c3cc2Br)c1. The summed E-state index contributed by atoms with van der Waals surface area (Å²) in [6, 6.07) is 11.2. The van der Waals surface area contributed by atoms with Gasteiger partial charge in [0.2, 0.25) is 0 Å². The molecule has 0 spiro atoms. The van der Waals surface area contributed by atoms with Gasteiger partial charge in [0.25, 0.3) is 0 Å². The molecule has 1 fully saturated rings. The average Bonchev–Trinajstić information content (AvgIpc) is 3.57. The Labute approximate surface area is 195 Å². The minimum atomic E-state index is -3.05. The summed E-state index contributed by atoms with van der Waals surface area (Å²) in [5.74, 6) is 5.09. The Morgan fingerprint density at radius 2 is 2.09 bits per heavy atom. The van der Waals surface area contributed by atoms with Crippen molar-refractivity contribution in [3.63, 3.8) is 0 Å². The van der Waals surface area contributed by atoms with Gasteiger partial charge in [-0.1, -0.05) is 12.1 Å². The largest absolute Gasteiger partial charge is 0.488 e. The van der Waals surface area contributed by atoms with Gasteiger partial charge in [0.15, 0.2) is 0 Å². The van der Waals surface area contributed by atoms with Crippen LogP contribution in [0.2, 0.25) is 0 Å². The summed E-state index contributed by atoms with van der Waals surface area (Å²) in [6.07, 6.45) is 3.08. The van der Waals surface area contributed by atoms with Gasteiger partial charge in [-0.15, -0.1) is 0 Å². The van der Waals surface area contributed by atoms with Crippen LogP contribution < -0.4 is 14.8 Å². The highest BCUT2D eigenvalue weighted by Gasteiger charge is 2.22. The number of rotatable bonds is 8. The number of ether oxygens (including phenoxy) is 2. The molecule has 32 heavy (non-hydrogen) atoms. The Morgan fingerprint density at radius 1 is 1.28 bits per heavy atom. The summed E-state index contributed by atoms with van der Waals surface area (Å²) in [7, 11) is -3.05. The molecule has 1 aliphatic rings. The molecule has 0 bridgehead atoms. The molecule has 0 aliphatic heterocycles. The molecule has 3 aromatic rings. The van der Waals surface area contributed by atoms with Gasteiger partial charge in [0.05, 0.1) is 31.2 Å². The van der Waals surface area contributed by atoms with Crippen molar-refractivity contribution in [3.05, 3.63) is 52.8 Å². The predicted octanol–water partition coefficient (Wildman–Crippen LogP) is 4.28. The molecule has 0 radical (unpaired) electrons. The highest BCUT2D eigenvalue weighted by Crippen LogP contribution is 2.34. The number of benzene rings is 2. The Hall–Kier alpha value is -2.85. The van der Waals surface area contributed by atoms with E-state index in [-0.39, 0.29) is 13.2 Å². The molecular weight excluding hydrogens is 496 g/mol. The Balaban J connectivity index is 1.50. The van der Waals surface area contributed by atoms with Crippen LogP contribution in [-0.4, -0.2) is 38.8 Å². The fourth-order valence-corrected chi connectivity index (χ4v) is 4.60. The van der Waals surface area contributed by atoms with Crippen LogP contribution >= 0.6 is 15.9 Å². The monoisotopic (exact) mass is 518 g/mol. The molecule has 2 N–H and O–H groups in total. The molecule has 1 heterocycles. The molecule has 168 valence electrons. The van der Waals surface area contributed by atoms with Crippen LogP contribution in [0.3, 0.4) is 0 Å². The molecule has 4 rings (SSSR count). The second-order valence-electron chi connectivity index (χ2n) is 7.37. The molecule has 1 aliphatic carbocycles. The van der Waals surface area contributed by atoms with E-state index in [1.165, 1.54) is 6.33 Å². The molecule has 1 saturated carbocycles. The summed E-state index contributed by atoms with van der Waals surface area (Å²) in [4.78, 5) is 20.8. The van der Waals surface area contributed by atoms with Crippen LogP contribution in [0.4, 0.5) is 10.6 Å². The topological polar surface area (TPSA) is 102 Å². The number of nitrogens with zero attached hydrogens (tertiary/aromatic N) is 2. The molecule has 1 aromatic heterocycles. The third kappa shape index (κ3) is 5.31. The molecule has 1 unspecified atom stereocenters. The van der Waals surface area contributed by atoms with Crippen molar-refractivity contribution in [2.45, 2.75) is 37.3 Å². The number of fused-ring (bicyclic) bond motifs is 1. The smallest absolute Gasteiger partial charge is 0.418 e. The van der Waals surface area contributed by atoms with E-state index in [4.69, 9.17) is 9.47 Å². The third-order valence-corrected chi connectivity index (χ3v) is 6.94. The fourth-order valence-electron chi connectivity index (χ4n) is 3.06. The molecule has 2 aromatic carbocycles. The lowest BCUT2D eigenvalue weighted by Crippen LogP contribution is -2.31. The highest BCUT2D eigenvalue weighted by atomic mass is 79.9. The second-order valence-corrected chi connectivity index (χ2v) is 10.3. The van der Waals surface area contributed by atoms with Crippen molar-refractivity contribution in [1.82, 2.24) is 14.7 Å². The first-order valence-corrected chi connectivity index (χ1v) is 12.6. The highest BCUT2D eigenvalue weighted by molar-refractivity contribution is 9.10. The number of nitrogens with one attached hydrogen (secondary N) is 2. The maximum Gasteiger partial charge on any atom is 0.418 e. The average molecular weight is 519 g/mol. The first-order valence-electron chi connectivity index (χ1n) is 10.1. The number of carbonyl (C=O) groups excluding carboxylic acids is 1. The van der Waals surface area contributed by atoms with E-state index < -0.39 is 15.8 Å². The first kappa shape index (κ1) is 22.3. The zero-order chi connectivity index (χ0) is 22.7. The van der Waals surface area contributed by atoms with Crippen LogP contribution in [0.25, 0.3) is 10.9 Å². The molecule has 8 nitrogen and oxygen atoms in total. The van der Waals surface area contributed by atoms with Crippen molar-refractivity contribution in [1.29, 1.82) is 0 Å². The van der Waals surface area contributed by atoms with E-state index in [9.17, 15) is 9.00 Å². The van der Waals surface area contributed by atoms with Crippen LogP contribution in [0.5, 0.6) is 5.75 Å². The second kappa shape index (κ2) is 9.33. The van der Waals surface area contributed by atoms with Crippen LogP contribution in [-0.2, 0) is 21.1 Å². The van der Waals surface area contributed by atoms with E-state index in [1.807, 2.05) is 18.2 Å². The van der Waals surface area contributed by atoms with E-state index in [2.05, 4.69) is 41.8 Å². The summed E-state index contributed by atoms with van der Waals surface area (Å²) in [6.45, 7) is 2.08. The molecular formula is C22H23BrN4O4S. The van der Waals surface area contributed by atoms with Gasteiger partial charge >= 0.3 is 6.09 Å². The van der Waals surface area contributed by atoms with E-state index >= 15 is 0 Å². The van der Waals surface area contributed by atoms with Gasteiger partial charge in [-0.25, -0.2) is 23.7 Å². The Morgan fingerprint density at radius 3 is 2.84 bits per heavy atom. The summed E-state index contributed by atoms with van der Waals surface area (Å²) in [5, 5.41) is 4.34. The number of anilines is 1. The zero-order valence-corrected chi connectivity index (χ0v) is 19.9. The van der Waals surface area contributed by atoms with Gasteiger partial charge < -0.3 is 14.8 Å². The van der Waals surface area contributed by atoms with Crippen molar-refractivity contribution in [2.75, 3.05) is 11.9 Å². The van der Waals surface area contributed by atoms with Gasteiger partial charge in [0.1, 0.15) is 24.5 Å². The van der Waals surface area contributed by atoms with E-state index in [0.29, 0.717) is 16.7 Å². The Bertz CT molecular complexity index is 1260. The van der Waals surface area contributed by atoms with E-state index in [1.54, 1.807) is 25.1 Å². The molecule has 1 amide bonds. The predicted molar refractivity (Wildman–Crippen MR) is 128 cm³/mol. The number of halogens is 1. The summed E-state index contributed by atoms with van der Waals surface area (Å²) < 4.78 is 26.7.